The topological polar surface area (TPSA) is 66.8 Å². The van der Waals surface area contributed by atoms with Crippen molar-refractivity contribution in [2.45, 2.75) is 44.9 Å². The molecule has 0 bridgehead atoms. The van der Waals surface area contributed by atoms with Crippen LogP contribution in [0.25, 0.3) is 0 Å². The molecule has 0 aromatic heterocycles. The number of methoxy groups -OCH3 is 1. The number of rotatable bonds is 5. The molecule has 5 nitrogen and oxygen atoms in total. The van der Waals surface area contributed by atoms with Crippen molar-refractivity contribution in [3.63, 3.8) is 0 Å². The largest absolute Gasteiger partial charge is 0.481 e. The lowest BCUT2D eigenvalue weighted by Crippen LogP contribution is -2.40. The van der Waals surface area contributed by atoms with E-state index in [1.165, 1.54) is 26.4 Å². The molecule has 0 radical (unpaired) electrons. The first-order chi connectivity index (χ1) is 9.57. The van der Waals surface area contributed by atoms with E-state index < -0.39 is 11.4 Å². The number of carboxylic acid groups (broad SMARTS) is 1. The molecule has 1 aliphatic carbocycles. The summed E-state index contributed by atoms with van der Waals surface area (Å²) in [6.45, 7) is 1.01. The van der Waals surface area contributed by atoms with Gasteiger partial charge in [0.2, 0.25) is 5.91 Å². The van der Waals surface area contributed by atoms with Gasteiger partial charge in [-0.25, -0.2) is 0 Å². The molecule has 0 spiro atoms. The molecular weight excluding hydrogens is 258 g/mol. The average molecular weight is 283 g/mol. The predicted octanol–water partition coefficient (Wildman–Crippen LogP) is 1.91. The van der Waals surface area contributed by atoms with Gasteiger partial charge in [-0.05, 0) is 25.2 Å². The summed E-state index contributed by atoms with van der Waals surface area (Å²) in [7, 11) is 1.51. The fourth-order valence-corrected chi connectivity index (χ4v) is 3.48. The quantitative estimate of drug-likeness (QED) is 0.837. The number of nitrogens with zero attached hydrogens (tertiary/aromatic N) is 1. The van der Waals surface area contributed by atoms with Gasteiger partial charge in [-0.15, -0.1) is 0 Å². The van der Waals surface area contributed by atoms with Gasteiger partial charge >= 0.3 is 5.97 Å². The Kier molecular flexibility index (Phi) is 5.02. The normalized spacial score (nSPS) is 27.8. The average Bonchev–Trinajstić information content (AvgIpc) is 2.86. The molecule has 114 valence electrons. The summed E-state index contributed by atoms with van der Waals surface area (Å²) in [6, 6.07) is 0. The van der Waals surface area contributed by atoms with E-state index in [0.29, 0.717) is 31.8 Å². The molecule has 1 saturated heterocycles. The van der Waals surface area contributed by atoms with Crippen LogP contribution in [0.15, 0.2) is 0 Å². The Balaban J connectivity index is 1.90. The van der Waals surface area contributed by atoms with Gasteiger partial charge in [0.1, 0.15) is 5.41 Å². The van der Waals surface area contributed by atoms with E-state index >= 15 is 0 Å². The van der Waals surface area contributed by atoms with Gasteiger partial charge in [-0.2, -0.15) is 0 Å². The zero-order valence-corrected chi connectivity index (χ0v) is 12.3. The molecule has 20 heavy (non-hydrogen) atoms. The summed E-state index contributed by atoms with van der Waals surface area (Å²) in [6.07, 6.45) is 7.09. The summed E-state index contributed by atoms with van der Waals surface area (Å²) < 4.78 is 5.05. The van der Waals surface area contributed by atoms with E-state index in [4.69, 9.17) is 4.74 Å². The van der Waals surface area contributed by atoms with Crippen molar-refractivity contribution < 1.29 is 19.4 Å². The molecule has 2 fully saturated rings. The Bertz CT molecular complexity index is 365. The zero-order valence-electron chi connectivity index (χ0n) is 12.3. The molecule has 1 saturated carbocycles. The molecular formula is C15H25NO4. The molecule has 1 aliphatic heterocycles. The van der Waals surface area contributed by atoms with Crippen molar-refractivity contribution >= 4 is 11.9 Å². The van der Waals surface area contributed by atoms with Crippen LogP contribution in [-0.2, 0) is 14.3 Å². The second kappa shape index (κ2) is 6.57. The van der Waals surface area contributed by atoms with Gasteiger partial charge in [0.05, 0.1) is 6.61 Å². The highest BCUT2D eigenvalue weighted by Crippen LogP contribution is 2.33. The number of carboxylic acids is 1. The van der Waals surface area contributed by atoms with E-state index in [9.17, 15) is 14.7 Å². The molecule has 1 amide bonds. The molecule has 5 heteroatoms. The van der Waals surface area contributed by atoms with Crippen LogP contribution in [0.1, 0.15) is 44.9 Å². The van der Waals surface area contributed by atoms with Crippen LogP contribution in [-0.4, -0.2) is 48.7 Å². The monoisotopic (exact) mass is 283 g/mol. The fraction of sp³-hybridized carbons (Fsp3) is 0.867. The van der Waals surface area contributed by atoms with E-state index in [1.807, 2.05) is 0 Å². The van der Waals surface area contributed by atoms with Crippen LogP contribution in [0.2, 0.25) is 0 Å². The fourth-order valence-electron chi connectivity index (χ4n) is 3.48. The summed E-state index contributed by atoms with van der Waals surface area (Å²) in [4.78, 5) is 25.5. The first kappa shape index (κ1) is 15.3. The Morgan fingerprint density at radius 1 is 1.30 bits per heavy atom. The summed E-state index contributed by atoms with van der Waals surface area (Å²) in [5.41, 5.74) is -0.906. The lowest BCUT2D eigenvalue weighted by atomic mass is 9.86. The van der Waals surface area contributed by atoms with Crippen molar-refractivity contribution in [3.8, 4) is 0 Å². The van der Waals surface area contributed by atoms with Gasteiger partial charge in [0.25, 0.3) is 0 Å². The third-order valence-electron chi connectivity index (χ3n) is 4.77. The maximum absolute atomic E-state index is 12.3. The van der Waals surface area contributed by atoms with Gasteiger partial charge in [0, 0.05) is 26.6 Å². The van der Waals surface area contributed by atoms with Gasteiger partial charge in [-0.3, -0.25) is 9.59 Å². The second-order valence-corrected chi connectivity index (χ2v) is 6.29. The summed E-state index contributed by atoms with van der Waals surface area (Å²) >= 11 is 0. The number of likely N-dealkylation sites (tertiary alicyclic amines) is 1. The van der Waals surface area contributed by atoms with Crippen molar-refractivity contribution in [1.29, 1.82) is 0 Å². The van der Waals surface area contributed by atoms with Crippen LogP contribution in [0.5, 0.6) is 0 Å². The Hall–Kier alpha value is -1.10. The van der Waals surface area contributed by atoms with Crippen molar-refractivity contribution in [2.24, 2.45) is 11.3 Å². The molecule has 1 N–H and O–H groups in total. The van der Waals surface area contributed by atoms with Crippen LogP contribution in [0.4, 0.5) is 0 Å². The van der Waals surface area contributed by atoms with Crippen LogP contribution < -0.4 is 0 Å². The minimum Gasteiger partial charge on any atom is -0.481 e. The van der Waals surface area contributed by atoms with Gasteiger partial charge < -0.3 is 14.7 Å². The minimum absolute atomic E-state index is 0.121. The highest BCUT2D eigenvalue weighted by molar-refractivity contribution is 5.81. The third-order valence-corrected chi connectivity index (χ3v) is 4.77. The van der Waals surface area contributed by atoms with Crippen molar-refractivity contribution in [2.75, 3.05) is 26.8 Å². The summed E-state index contributed by atoms with van der Waals surface area (Å²) in [5.74, 6) is -0.234. The van der Waals surface area contributed by atoms with Gasteiger partial charge in [0.15, 0.2) is 0 Å². The molecule has 2 aliphatic rings. The number of hydrogen-bond donors (Lipinski definition) is 1. The highest BCUT2D eigenvalue weighted by atomic mass is 16.5. The number of hydrogen-bond acceptors (Lipinski definition) is 3. The maximum Gasteiger partial charge on any atom is 0.313 e. The maximum atomic E-state index is 12.3. The summed E-state index contributed by atoms with van der Waals surface area (Å²) in [5, 5.41) is 9.40. The zero-order chi connectivity index (χ0) is 14.6. The third kappa shape index (κ3) is 3.32. The number of carbonyl (C=O) groups excluding carboxylic acids is 1. The van der Waals surface area contributed by atoms with E-state index in [2.05, 4.69) is 0 Å². The lowest BCUT2D eigenvalue weighted by Gasteiger charge is -2.26. The van der Waals surface area contributed by atoms with Crippen LogP contribution in [0, 0.1) is 11.3 Å². The highest BCUT2D eigenvalue weighted by Gasteiger charge is 2.46. The van der Waals surface area contributed by atoms with E-state index in [0.717, 1.165) is 12.8 Å². The molecule has 0 aromatic rings. The predicted molar refractivity (Wildman–Crippen MR) is 74.3 cm³/mol. The van der Waals surface area contributed by atoms with Crippen molar-refractivity contribution in [3.05, 3.63) is 0 Å². The number of carbonyl (C=O) groups is 2. The van der Waals surface area contributed by atoms with Crippen LogP contribution in [0.3, 0.4) is 0 Å². The van der Waals surface area contributed by atoms with Crippen LogP contribution >= 0.6 is 0 Å². The first-order valence-corrected chi connectivity index (χ1v) is 7.57. The lowest BCUT2D eigenvalue weighted by molar-refractivity contribution is -0.151. The standard InChI is InChI=1S/C15H25NO4/c1-20-11-15(14(18)19)7-8-16(10-15)13(17)9-12-5-3-2-4-6-12/h12H,2-11H2,1H3,(H,18,19). The number of ether oxygens (including phenoxy) is 1. The minimum atomic E-state index is -0.906. The Morgan fingerprint density at radius 2 is 2.00 bits per heavy atom. The smallest absolute Gasteiger partial charge is 0.313 e. The Labute approximate surface area is 120 Å². The molecule has 2 rings (SSSR count). The molecule has 1 heterocycles. The second-order valence-electron chi connectivity index (χ2n) is 6.29. The van der Waals surface area contributed by atoms with Crippen molar-refractivity contribution in [1.82, 2.24) is 4.90 Å². The number of aliphatic carboxylic acids is 1. The molecule has 1 atom stereocenters. The van der Waals surface area contributed by atoms with E-state index in [-0.39, 0.29) is 12.5 Å². The van der Waals surface area contributed by atoms with Gasteiger partial charge in [-0.1, -0.05) is 19.3 Å². The SMILES string of the molecule is COCC1(C(=O)O)CCN(C(=O)CC2CCCCC2)C1. The molecule has 1 unspecified atom stereocenters. The molecule has 0 aromatic carbocycles. The number of amides is 1. The van der Waals surface area contributed by atoms with E-state index in [1.54, 1.807) is 4.90 Å². The Morgan fingerprint density at radius 3 is 2.60 bits per heavy atom. The first-order valence-electron chi connectivity index (χ1n) is 7.57.